The Morgan fingerprint density at radius 2 is 1.90 bits per heavy atom. The van der Waals surface area contributed by atoms with Crippen LogP contribution < -0.4 is 4.80 Å². The van der Waals surface area contributed by atoms with E-state index in [0.29, 0.717) is 23.5 Å². The Bertz CT molecular complexity index is 1290. The summed E-state index contributed by atoms with van der Waals surface area (Å²) in [5.74, 6) is -0.374. The number of rotatable bonds is 4. The van der Waals surface area contributed by atoms with Crippen molar-refractivity contribution in [1.29, 1.82) is 0 Å². The second kappa shape index (κ2) is 8.68. The maximum Gasteiger partial charge on any atom is 0.279 e. The highest BCUT2D eigenvalue weighted by atomic mass is 32.2. The molecule has 0 spiro atoms. The van der Waals surface area contributed by atoms with Gasteiger partial charge in [0.1, 0.15) is 0 Å². The molecule has 1 aliphatic rings. The van der Waals surface area contributed by atoms with Crippen LogP contribution in [0.1, 0.15) is 49.0 Å². The number of carbonyl (C=O) groups is 1. The van der Waals surface area contributed by atoms with E-state index in [-0.39, 0.29) is 16.8 Å². The van der Waals surface area contributed by atoms with Crippen molar-refractivity contribution >= 4 is 37.5 Å². The van der Waals surface area contributed by atoms with Gasteiger partial charge in [0, 0.05) is 24.7 Å². The van der Waals surface area contributed by atoms with E-state index in [1.807, 2.05) is 25.3 Å². The topological polar surface area (TPSA) is 71.7 Å². The average Bonchev–Trinajstić information content (AvgIpc) is 3.09. The zero-order valence-electron chi connectivity index (χ0n) is 18.0. The maximum atomic E-state index is 13.0. The molecule has 31 heavy (non-hydrogen) atoms. The molecule has 1 saturated heterocycles. The molecular weight excluding hydrogens is 430 g/mol. The van der Waals surface area contributed by atoms with Crippen LogP contribution in [0.3, 0.4) is 0 Å². The van der Waals surface area contributed by atoms with Crippen molar-refractivity contribution in [1.82, 2.24) is 8.87 Å². The van der Waals surface area contributed by atoms with E-state index in [4.69, 9.17) is 0 Å². The summed E-state index contributed by atoms with van der Waals surface area (Å²) in [6, 6.07) is 12.3. The van der Waals surface area contributed by atoms with Crippen LogP contribution >= 0.6 is 11.3 Å². The van der Waals surface area contributed by atoms with Crippen LogP contribution in [-0.4, -0.2) is 35.8 Å². The normalized spacial score (nSPS) is 18.5. The number of fused-ring (bicyclic) bond motifs is 1. The number of aromatic nitrogens is 1. The number of hydrogen-bond acceptors (Lipinski definition) is 4. The third-order valence-corrected chi connectivity index (χ3v) is 8.87. The van der Waals surface area contributed by atoms with Gasteiger partial charge in [0.05, 0.1) is 15.1 Å². The largest absolute Gasteiger partial charge is 0.317 e. The first kappa shape index (κ1) is 21.9. The molecule has 2 aromatic carbocycles. The first-order valence-electron chi connectivity index (χ1n) is 10.6. The second-order valence-corrected chi connectivity index (χ2v) is 10.9. The van der Waals surface area contributed by atoms with E-state index in [2.05, 4.69) is 23.2 Å². The number of thiazole rings is 1. The summed E-state index contributed by atoms with van der Waals surface area (Å²) >= 11 is 1.48. The lowest BCUT2D eigenvalue weighted by atomic mass is 10.1. The molecule has 0 bridgehead atoms. The quantitative estimate of drug-likeness (QED) is 0.585. The Kier molecular flexibility index (Phi) is 6.14. The van der Waals surface area contributed by atoms with Gasteiger partial charge < -0.3 is 4.57 Å². The number of nitrogens with zero attached hydrogens (tertiary/aromatic N) is 3. The molecule has 0 N–H and O–H groups in total. The minimum absolute atomic E-state index is 0.00357. The molecule has 8 heteroatoms. The number of amides is 1. The van der Waals surface area contributed by atoms with Crippen molar-refractivity contribution in [2.75, 3.05) is 6.54 Å². The number of benzene rings is 2. The van der Waals surface area contributed by atoms with E-state index in [0.717, 1.165) is 35.0 Å². The van der Waals surface area contributed by atoms with Gasteiger partial charge in [0.25, 0.3) is 5.91 Å². The summed E-state index contributed by atoms with van der Waals surface area (Å²) in [6.45, 7) is 7.26. The van der Waals surface area contributed by atoms with Crippen molar-refractivity contribution in [3.63, 3.8) is 0 Å². The van der Waals surface area contributed by atoms with Crippen molar-refractivity contribution in [2.24, 2.45) is 4.99 Å². The van der Waals surface area contributed by atoms with E-state index in [1.165, 1.54) is 23.5 Å². The molecule has 0 saturated carbocycles. The van der Waals surface area contributed by atoms with Crippen LogP contribution in [0.15, 0.2) is 52.4 Å². The number of hydrogen-bond donors (Lipinski definition) is 0. The number of carbonyl (C=O) groups excluding carboxylic acids is 1. The van der Waals surface area contributed by atoms with E-state index >= 15 is 0 Å². The molecule has 3 aromatic rings. The molecule has 0 radical (unpaired) electrons. The highest BCUT2D eigenvalue weighted by Crippen LogP contribution is 2.25. The molecule has 4 rings (SSSR count). The van der Waals surface area contributed by atoms with Crippen LogP contribution in [0.5, 0.6) is 0 Å². The molecule has 0 aliphatic carbocycles. The smallest absolute Gasteiger partial charge is 0.279 e. The minimum atomic E-state index is -3.56. The van der Waals surface area contributed by atoms with Gasteiger partial charge in [-0.2, -0.15) is 9.30 Å². The SMILES string of the molecule is CCn1c(=NC(=O)c2ccc(S(=O)(=O)N3CCCCC3C)cc2)sc2cc(C)ccc21. The zero-order chi connectivity index (χ0) is 22.2. The molecular formula is C23H27N3O3S2. The molecule has 1 amide bonds. The lowest BCUT2D eigenvalue weighted by molar-refractivity contribution is 0.0997. The summed E-state index contributed by atoms with van der Waals surface area (Å²) < 4.78 is 30.7. The van der Waals surface area contributed by atoms with Crippen LogP contribution in [-0.2, 0) is 16.6 Å². The van der Waals surface area contributed by atoms with Gasteiger partial charge in [-0.15, -0.1) is 0 Å². The first-order valence-corrected chi connectivity index (χ1v) is 12.9. The van der Waals surface area contributed by atoms with Crippen LogP contribution in [0.25, 0.3) is 10.2 Å². The highest BCUT2D eigenvalue weighted by molar-refractivity contribution is 7.89. The molecule has 1 fully saturated rings. The highest BCUT2D eigenvalue weighted by Gasteiger charge is 2.30. The summed E-state index contributed by atoms with van der Waals surface area (Å²) in [4.78, 5) is 18.0. The molecule has 2 heterocycles. The van der Waals surface area contributed by atoms with Gasteiger partial charge in [-0.25, -0.2) is 8.42 Å². The molecule has 1 unspecified atom stereocenters. The van der Waals surface area contributed by atoms with Crippen molar-refractivity contribution in [2.45, 2.75) is 57.5 Å². The predicted molar refractivity (Wildman–Crippen MR) is 124 cm³/mol. The maximum absolute atomic E-state index is 13.0. The van der Waals surface area contributed by atoms with Gasteiger partial charge in [-0.05, 0) is 75.6 Å². The standard InChI is InChI=1S/C23H27N3O3S2/c1-4-25-20-13-8-16(2)15-21(20)30-23(25)24-22(27)18-9-11-19(12-10-18)31(28,29)26-14-6-5-7-17(26)3/h8-13,15,17H,4-7,14H2,1-3H3. The van der Waals surface area contributed by atoms with Gasteiger partial charge in [-0.1, -0.05) is 23.8 Å². The Morgan fingerprint density at radius 3 is 2.58 bits per heavy atom. The van der Waals surface area contributed by atoms with E-state index in [9.17, 15) is 13.2 Å². The number of sulfonamides is 1. The Hall–Kier alpha value is -2.29. The third-order valence-electron chi connectivity index (χ3n) is 5.80. The Labute approximate surface area is 186 Å². The van der Waals surface area contributed by atoms with Crippen molar-refractivity contribution in [3.8, 4) is 0 Å². The molecule has 1 aromatic heterocycles. The Balaban J connectivity index is 1.64. The lowest BCUT2D eigenvalue weighted by Gasteiger charge is -2.32. The molecule has 1 aliphatic heterocycles. The summed E-state index contributed by atoms with van der Waals surface area (Å²) in [5.41, 5.74) is 2.60. The Morgan fingerprint density at radius 1 is 1.16 bits per heavy atom. The monoisotopic (exact) mass is 457 g/mol. The lowest BCUT2D eigenvalue weighted by Crippen LogP contribution is -2.41. The van der Waals surface area contributed by atoms with Gasteiger partial charge in [-0.3, -0.25) is 4.79 Å². The number of aryl methyl sites for hydroxylation is 2. The van der Waals surface area contributed by atoms with Gasteiger partial charge >= 0.3 is 0 Å². The van der Waals surface area contributed by atoms with Crippen molar-refractivity contribution in [3.05, 3.63) is 58.4 Å². The van der Waals surface area contributed by atoms with Gasteiger partial charge in [0.2, 0.25) is 10.0 Å². The minimum Gasteiger partial charge on any atom is -0.317 e. The molecule has 1 atom stereocenters. The molecule has 164 valence electrons. The fraction of sp³-hybridized carbons (Fsp3) is 0.391. The van der Waals surface area contributed by atoms with Crippen LogP contribution in [0.4, 0.5) is 0 Å². The summed E-state index contributed by atoms with van der Waals surface area (Å²) in [5, 5.41) is 0. The fourth-order valence-electron chi connectivity index (χ4n) is 4.06. The summed E-state index contributed by atoms with van der Waals surface area (Å²) in [6.07, 6.45) is 2.81. The van der Waals surface area contributed by atoms with Crippen molar-refractivity contribution < 1.29 is 13.2 Å². The predicted octanol–water partition coefficient (Wildman–Crippen LogP) is 4.34. The summed E-state index contributed by atoms with van der Waals surface area (Å²) in [7, 11) is -3.56. The van der Waals surface area contributed by atoms with E-state index < -0.39 is 10.0 Å². The third kappa shape index (κ3) is 4.24. The van der Waals surface area contributed by atoms with E-state index in [1.54, 1.807) is 16.4 Å². The molecule has 6 nitrogen and oxygen atoms in total. The fourth-order valence-corrected chi connectivity index (χ4v) is 6.95. The van der Waals surface area contributed by atoms with Crippen LogP contribution in [0.2, 0.25) is 0 Å². The first-order chi connectivity index (χ1) is 14.8. The average molecular weight is 458 g/mol. The van der Waals surface area contributed by atoms with Gasteiger partial charge in [0.15, 0.2) is 4.80 Å². The second-order valence-electron chi connectivity index (χ2n) is 8.00. The zero-order valence-corrected chi connectivity index (χ0v) is 19.7. The number of piperidine rings is 1. The van der Waals surface area contributed by atoms with Crippen LogP contribution in [0, 0.1) is 6.92 Å².